The van der Waals surface area contributed by atoms with E-state index in [-0.39, 0.29) is 29.9 Å². The Balaban J connectivity index is 1.63. The molecule has 0 spiro atoms. The van der Waals surface area contributed by atoms with Gasteiger partial charge in [0.15, 0.2) is 16.4 Å². The van der Waals surface area contributed by atoms with E-state index in [0.29, 0.717) is 22.7 Å². The number of carbonyl (C=O) groups is 2. The number of ketones is 1. The summed E-state index contributed by atoms with van der Waals surface area (Å²) in [7, 11) is -3.03. The first-order valence-corrected chi connectivity index (χ1v) is 11.4. The lowest BCUT2D eigenvalue weighted by atomic mass is 10.1. The molecule has 1 aliphatic heterocycles. The molecule has 0 N–H and O–H groups in total. The summed E-state index contributed by atoms with van der Waals surface area (Å²) in [4.78, 5) is 24.4. The zero-order chi connectivity index (χ0) is 21.2. The molecule has 8 heteroatoms. The summed E-state index contributed by atoms with van der Waals surface area (Å²) in [5.41, 5.74) is 2.75. The number of ether oxygens (including phenoxy) is 1. The Hall–Kier alpha value is -2.38. The van der Waals surface area contributed by atoms with Crippen molar-refractivity contribution in [2.24, 2.45) is 0 Å². The molecule has 2 aromatic rings. The van der Waals surface area contributed by atoms with Gasteiger partial charge in [0.1, 0.15) is 0 Å². The lowest BCUT2D eigenvalue weighted by molar-refractivity contribution is -0.136. The van der Waals surface area contributed by atoms with Crippen molar-refractivity contribution in [2.45, 2.75) is 26.3 Å². The van der Waals surface area contributed by atoms with Crippen LogP contribution in [0.2, 0.25) is 5.02 Å². The minimum atomic E-state index is -3.03. The van der Waals surface area contributed by atoms with E-state index in [9.17, 15) is 18.0 Å². The lowest BCUT2D eigenvalue weighted by Gasteiger charge is -2.16. The van der Waals surface area contributed by atoms with E-state index in [1.165, 1.54) is 6.08 Å². The van der Waals surface area contributed by atoms with Gasteiger partial charge in [0, 0.05) is 34.1 Å². The van der Waals surface area contributed by atoms with Crippen molar-refractivity contribution in [1.29, 1.82) is 0 Å². The highest BCUT2D eigenvalue weighted by atomic mass is 35.5. The van der Waals surface area contributed by atoms with Crippen molar-refractivity contribution in [3.8, 4) is 0 Å². The summed E-state index contributed by atoms with van der Waals surface area (Å²) in [5, 5.41) is 0.600. The monoisotopic (exact) mass is 435 g/mol. The zero-order valence-corrected chi connectivity index (χ0v) is 17.8. The number of halogens is 1. The topological polar surface area (TPSA) is 82.4 Å². The molecule has 29 heavy (non-hydrogen) atoms. The maximum absolute atomic E-state index is 12.5. The third-order valence-electron chi connectivity index (χ3n) is 4.99. The molecule has 154 valence electrons. The molecule has 2 heterocycles. The first kappa shape index (κ1) is 21.3. The summed E-state index contributed by atoms with van der Waals surface area (Å²) >= 11 is 5.81. The number of esters is 1. The molecule has 1 atom stereocenters. The predicted molar refractivity (Wildman–Crippen MR) is 112 cm³/mol. The normalized spacial score (nSPS) is 18.2. The molecule has 1 saturated heterocycles. The average molecular weight is 436 g/mol. The molecule has 3 rings (SSSR count). The number of benzene rings is 1. The van der Waals surface area contributed by atoms with Crippen molar-refractivity contribution in [1.82, 2.24) is 4.57 Å². The predicted octanol–water partition coefficient (Wildman–Crippen LogP) is 3.56. The van der Waals surface area contributed by atoms with E-state index < -0.39 is 15.8 Å². The van der Waals surface area contributed by atoms with Gasteiger partial charge in [-0.05, 0) is 50.1 Å². The Morgan fingerprint density at radius 3 is 2.55 bits per heavy atom. The Bertz CT molecular complexity index is 1070. The molecule has 1 aromatic heterocycles. The van der Waals surface area contributed by atoms with E-state index in [2.05, 4.69) is 0 Å². The van der Waals surface area contributed by atoms with Crippen LogP contribution in [0.3, 0.4) is 0 Å². The fourth-order valence-corrected chi connectivity index (χ4v) is 5.43. The average Bonchev–Trinajstić information content (AvgIpc) is 3.17. The van der Waals surface area contributed by atoms with Crippen LogP contribution in [0.25, 0.3) is 6.08 Å². The number of rotatable bonds is 6. The van der Waals surface area contributed by atoms with Gasteiger partial charge in [0.05, 0.1) is 11.5 Å². The summed E-state index contributed by atoms with van der Waals surface area (Å²) < 4.78 is 30.5. The van der Waals surface area contributed by atoms with Crippen molar-refractivity contribution in [2.75, 3.05) is 18.1 Å². The third-order valence-corrected chi connectivity index (χ3v) is 6.99. The van der Waals surface area contributed by atoms with Crippen LogP contribution < -0.4 is 0 Å². The van der Waals surface area contributed by atoms with Gasteiger partial charge in [-0.2, -0.15) is 0 Å². The molecular weight excluding hydrogens is 414 g/mol. The van der Waals surface area contributed by atoms with Crippen molar-refractivity contribution >= 4 is 39.3 Å². The number of Topliss-reactive ketones (excluding diaryl/α,β-unsaturated/α-hetero) is 1. The molecule has 1 fully saturated rings. The molecule has 0 amide bonds. The lowest BCUT2D eigenvalue weighted by Crippen LogP contribution is -2.16. The van der Waals surface area contributed by atoms with Crippen LogP contribution in [0, 0.1) is 13.8 Å². The summed E-state index contributed by atoms with van der Waals surface area (Å²) in [6.45, 7) is 3.25. The SMILES string of the molecule is Cc1cc(C(=O)COC(=O)/C=C/c2ccc(Cl)cc2)c(C)n1C1CCS(=O)(=O)C1. The molecule has 1 aliphatic rings. The molecule has 6 nitrogen and oxygen atoms in total. The number of hydrogen-bond donors (Lipinski definition) is 0. The van der Waals surface area contributed by atoms with E-state index in [0.717, 1.165) is 11.3 Å². The fourth-order valence-electron chi connectivity index (χ4n) is 3.60. The fraction of sp³-hybridized carbons (Fsp3) is 0.333. The molecule has 1 unspecified atom stereocenters. The van der Waals surface area contributed by atoms with Crippen LogP contribution in [-0.2, 0) is 19.4 Å². The Morgan fingerprint density at radius 1 is 1.24 bits per heavy atom. The van der Waals surface area contributed by atoms with Gasteiger partial charge in [-0.25, -0.2) is 13.2 Å². The quantitative estimate of drug-likeness (QED) is 0.393. The highest BCUT2D eigenvalue weighted by Crippen LogP contribution is 2.29. The van der Waals surface area contributed by atoms with E-state index >= 15 is 0 Å². The van der Waals surface area contributed by atoms with Gasteiger partial charge >= 0.3 is 5.97 Å². The highest BCUT2D eigenvalue weighted by molar-refractivity contribution is 7.91. The number of aromatic nitrogens is 1. The van der Waals surface area contributed by atoms with Gasteiger partial charge < -0.3 is 9.30 Å². The minimum absolute atomic E-state index is 0.0848. The minimum Gasteiger partial charge on any atom is -0.454 e. The molecule has 0 aliphatic carbocycles. The molecule has 1 aromatic carbocycles. The van der Waals surface area contributed by atoms with Crippen molar-refractivity contribution < 1.29 is 22.7 Å². The second kappa shape index (κ2) is 8.55. The number of aryl methyl sites for hydroxylation is 1. The van der Waals surface area contributed by atoms with Crippen LogP contribution in [0.15, 0.2) is 36.4 Å². The second-order valence-electron chi connectivity index (χ2n) is 7.13. The molecule has 0 bridgehead atoms. The molecular formula is C21H22ClNO5S. The summed E-state index contributed by atoms with van der Waals surface area (Å²) in [6.07, 6.45) is 3.37. The molecule has 0 saturated carbocycles. The van der Waals surface area contributed by atoms with E-state index in [1.807, 2.05) is 11.5 Å². The standard InChI is InChI=1S/C21H22ClNO5S/c1-14-11-19(15(2)23(14)18-9-10-29(26,27)13-18)20(24)12-28-21(25)8-5-16-3-6-17(22)7-4-16/h3-8,11,18H,9-10,12-13H2,1-2H3/b8-5+. The Labute approximate surface area is 175 Å². The van der Waals surface area contributed by atoms with Gasteiger partial charge in [0.25, 0.3) is 0 Å². The van der Waals surface area contributed by atoms with Gasteiger partial charge in [0.2, 0.25) is 5.78 Å². The maximum Gasteiger partial charge on any atom is 0.331 e. The van der Waals surface area contributed by atoms with E-state index in [4.69, 9.17) is 16.3 Å². The zero-order valence-electron chi connectivity index (χ0n) is 16.2. The number of carbonyl (C=O) groups excluding carboxylic acids is 2. The van der Waals surface area contributed by atoms with Crippen molar-refractivity contribution in [3.05, 3.63) is 63.9 Å². The van der Waals surface area contributed by atoms with Crippen LogP contribution in [-0.4, -0.2) is 42.9 Å². The highest BCUT2D eigenvalue weighted by Gasteiger charge is 2.31. The third kappa shape index (κ3) is 5.16. The molecule has 0 radical (unpaired) electrons. The maximum atomic E-state index is 12.5. The number of sulfone groups is 1. The Kier molecular flexibility index (Phi) is 6.29. The summed E-state index contributed by atoms with van der Waals surface area (Å²) in [6, 6.07) is 8.50. The van der Waals surface area contributed by atoms with Gasteiger partial charge in [-0.1, -0.05) is 23.7 Å². The van der Waals surface area contributed by atoms with Gasteiger partial charge in [-0.3, -0.25) is 4.79 Å². The van der Waals surface area contributed by atoms with Crippen LogP contribution in [0.5, 0.6) is 0 Å². The van der Waals surface area contributed by atoms with Gasteiger partial charge in [-0.15, -0.1) is 0 Å². The van der Waals surface area contributed by atoms with E-state index in [1.54, 1.807) is 43.3 Å². The largest absolute Gasteiger partial charge is 0.454 e. The first-order valence-electron chi connectivity index (χ1n) is 9.19. The van der Waals surface area contributed by atoms with Crippen LogP contribution in [0.1, 0.15) is 39.8 Å². The second-order valence-corrected chi connectivity index (χ2v) is 9.79. The number of hydrogen-bond acceptors (Lipinski definition) is 5. The first-order chi connectivity index (χ1) is 13.7. The van der Waals surface area contributed by atoms with Crippen LogP contribution >= 0.6 is 11.6 Å². The Morgan fingerprint density at radius 2 is 1.93 bits per heavy atom. The summed E-state index contributed by atoms with van der Waals surface area (Å²) in [5.74, 6) is -0.695. The van der Waals surface area contributed by atoms with Crippen LogP contribution in [0.4, 0.5) is 0 Å². The smallest absolute Gasteiger partial charge is 0.331 e. The number of nitrogens with zero attached hydrogens (tertiary/aromatic N) is 1. The van der Waals surface area contributed by atoms with Crippen molar-refractivity contribution in [3.63, 3.8) is 0 Å².